The molecule has 1 aliphatic heterocycles. The van der Waals surface area contributed by atoms with Crippen LogP contribution in [-0.4, -0.2) is 48.0 Å². The van der Waals surface area contributed by atoms with Gasteiger partial charge in [0.2, 0.25) is 0 Å². The molecule has 0 spiro atoms. The first kappa shape index (κ1) is 16.1. The van der Waals surface area contributed by atoms with Crippen molar-refractivity contribution in [3.8, 4) is 0 Å². The number of carbonyl (C=O) groups is 2. The lowest BCUT2D eigenvalue weighted by atomic mass is 10.2. The van der Waals surface area contributed by atoms with E-state index in [0.717, 1.165) is 0 Å². The average Bonchev–Trinajstić information content (AvgIpc) is 2.64. The second-order valence-electron chi connectivity index (χ2n) is 5.25. The summed E-state index contributed by atoms with van der Waals surface area (Å²) >= 11 is 0. The zero-order valence-corrected chi connectivity index (χ0v) is 12.9. The van der Waals surface area contributed by atoms with E-state index >= 15 is 0 Å². The minimum absolute atomic E-state index is 0.0531. The number of benzene rings is 1. The molecule has 1 saturated heterocycles. The molecular formula is C17H16FN3O3. The number of ether oxygens (including phenoxy) is 1. The van der Waals surface area contributed by atoms with E-state index in [-0.39, 0.29) is 23.0 Å². The van der Waals surface area contributed by atoms with Crippen LogP contribution >= 0.6 is 0 Å². The van der Waals surface area contributed by atoms with E-state index in [9.17, 15) is 14.0 Å². The normalized spacial score (nSPS) is 14.3. The van der Waals surface area contributed by atoms with Crippen LogP contribution in [0.3, 0.4) is 0 Å². The molecule has 1 aromatic carbocycles. The Morgan fingerprint density at radius 3 is 2.50 bits per heavy atom. The molecule has 24 heavy (non-hydrogen) atoms. The van der Waals surface area contributed by atoms with Gasteiger partial charge in [0.1, 0.15) is 17.2 Å². The number of nitrogens with zero attached hydrogens (tertiary/aromatic N) is 2. The molecule has 6 nitrogen and oxygen atoms in total. The van der Waals surface area contributed by atoms with Crippen LogP contribution in [0.2, 0.25) is 0 Å². The molecule has 3 rings (SSSR count). The van der Waals surface area contributed by atoms with Crippen molar-refractivity contribution in [2.45, 2.75) is 0 Å². The van der Waals surface area contributed by atoms with Gasteiger partial charge in [0.25, 0.3) is 11.8 Å². The third kappa shape index (κ3) is 3.57. The molecule has 2 amide bonds. The predicted molar refractivity (Wildman–Crippen MR) is 85.3 cm³/mol. The fourth-order valence-electron chi connectivity index (χ4n) is 2.36. The minimum Gasteiger partial charge on any atom is -0.378 e. The Balaban J connectivity index is 1.76. The summed E-state index contributed by atoms with van der Waals surface area (Å²) in [6, 6.07) is 10.5. The van der Waals surface area contributed by atoms with E-state index in [2.05, 4.69) is 10.3 Å². The maximum absolute atomic E-state index is 13.6. The number of hydrogen-bond donors (Lipinski definition) is 1. The standard InChI is InChI=1S/C17H16FN3O3/c18-12-4-1-2-5-13(12)20-16(22)14-6-3-7-15(19-14)17(23)21-8-10-24-11-9-21/h1-7H,8-11H2,(H,20,22). The van der Waals surface area contributed by atoms with Crippen LogP contribution in [0.25, 0.3) is 0 Å². The molecule has 7 heteroatoms. The van der Waals surface area contributed by atoms with Crippen molar-refractivity contribution in [2.24, 2.45) is 0 Å². The molecule has 1 N–H and O–H groups in total. The number of para-hydroxylation sites is 1. The molecule has 2 heterocycles. The highest BCUT2D eigenvalue weighted by atomic mass is 19.1. The fraction of sp³-hybridized carbons (Fsp3) is 0.235. The second kappa shape index (κ2) is 7.18. The topological polar surface area (TPSA) is 71.5 Å². The van der Waals surface area contributed by atoms with Crippen molar-refractivity contribution in [2.75, 3.05) is 31.6 Å². The Morgan fingerprint density at radius 1 is 1.04 bits per heavy atom. The number of halogens is 1. The first-order chi connectivity index (χ1) is 11.6. The summed E-state index contributed by atoms with van der Waals surface area (Å²) < 4.78 is 18.8. The van der Waals surface area contributed by atoms with Crippen LogP contribution in [0.5, 0.6) is 0 Å². The van der Waals surface area contributed by atoms with Gasteiger partial charge in [-0.15, -0.1) is 0 Å². The molecule has 0 bridgehead atoms. The summed E-state index contributed by atoms with van der Waals surface area (Å²) in [6.45, 7) is 1.96. The van der Waals surface area contributed by atoms with Crippen LogP contribution in [0.4, 0.5) is 10.1 Å². The zero-order valence-electron chi connectivity index (χ0n) is 12.9. The molecule has 0 aliphatic carbocycles. The lowest BCUT2D eigenvalue weighted by Gasteiger charge is -2.26. The Hall–Kier alpha value is -2.80. The average molecular weight is 329 g/mol. The van der Waals surface area contributed by atoms with E-state index in [4.69, 9.17) is 4.74 Å². The zero-order chi connectivity index (χ0) is 16.9. The molecule has 0 atom stereocenters. The predicted octanol–water partition coefficient (Wildman–Crippen LogP) is 1.95. The molecule has 1 fully saturated rings. The van der Waals surface area contributed by atoms with Gasteiger partial charge in [0, 0.05) is 13.1 Å². The van der Waals surface area contributed by atoms with Gasteiger partial charge in [0.15, 0.2) is 0 Å². The van der Waals surface area contributed by atoms with Gasteiger partial charge >= 0.3 is 0 Å². The van der Waals surface area contributed by atoms with Gasteiger partial charge in [0.05, 0.1) is 18.9 Å². The molecule has 2 aromatic rings. The number of rotatable bonds is 3. The molecule has 1 aromatic heterocycles. The maximum Gasteiger partial charge on any atom is 0.274 e. The van der Waals surface area contributed by atoms with Crippen LogP contribution in [-0.2, 0) is 4.74 Å². The Morgan fingerprint density at radius 2 is 1.75 bits per heavy atom. The van der Waals surface area contributed by atoms with Crippen LogP contribution < -0.4 is 5.32 Å². The number of morpholine rings is 1. The number of pyridine rings is 1. The number of amides is 2. The number of hydrogen-bond acceptors (Lipinski definition) is 4. The summed E-state index contributed by atoms with van der Waals surface area (Å²) in [6.07, 6.45) is 0. The number of carbonyl (C=O) groups excluding carboxylic acids is 2. The summed E-state index contributed by atoms with van der Waals surface area (Å²) in [7, 11) is 0. The third-order valence-electron chi connectivity index (χ3n) is 3.62. The van der Waals surface area contributed by atoms with E-state index in [0.29, 0.717) is 26.3 Å². The first-order valence-electron chi connectivity index (χ1n) is 7.55. The highest BCUT2D eigenvalue weighted by Crippen LogP contribution is 2.14. The smallest absolute Gasteiger partial charge is 0.274 e. The second-order valence-corrected chi connectivity index (χ2v) is 5.25. The van der Waals surface area contributed by atoms with Gasteiger partial charge in [-0.2, -0.15) is 0 Å². The number of nitrogens with one attached hydrogen (secondary N) is 1. The van der Waals surface area contributed by atoms with Gasteiger partial charge in [-0.25, -0.2) is 9.37 Å². The molecule has 0 radical (unpaired) electrons. The van der Waals surface area contributed by atoms with Crippen molar-refractivity contribution in [3.05, 3.63) is 59.7 Å². The summed E-state index contributed by atoms with van der Waals surface area (Å²) in [5.74, 6) is -1.36. The van der Waals surface area contributed by atoms with Crippen molar-refractivity contribution in [1.82, 2.24) is 9.88 Å². The van der Waals surface area contributed by atoms with Crippen LogP contribution in [0.15, 0.2) is 42.5 Å². The lowest BCUT2D eigenvalue weighted by Crippen LogP contribution is -2.41. The van der Waals surface area contributed by atoms with E-state index in [1.807, 2.05) is 0 Å². The highest BCUT2D eigenvalue weighted by molar-refractivity contribution is 6.03. The molecule has 0 unspecified atom stereocenters. The summed E-state index contributed by atoms with van der Waals surface area (Å²) in [5.41, 5.74) is 0.296. The van der Waals surface area contributed by atoms with E-state index in [1.165, 1.54) is 24.3 Å². The fourth-order valence-corrected chi connectivity index (χ4v) is 2.36. The lowest BCUT2D eigenvalue weighted by molar-refractivity contribution is 0.0299. The minimum atomic E-state index is -0.572. The SMILES string of the molecule is O=C(Nc1ccccc1F)c1cccc(C(=O)N2CCOCC2)n1. The largest absolute Gasteiger partial charge is 0.378 e. The molecule has 124 valence electrons. The van der Waals surface area contributed by atoms with Crippen LogP contribution in [0, 0.1) is 5.82 Å². The van der Waals surface area contributed by atoms with Gasteiger partial charge < -0.3 is 15.0 Å². The third-order valence-corrected chi connectivity index (χ3v) is 3.62. The molecule has 0 saturated carbocycles. The number of aromatic nitrogens is 1. The monoisotopic (exact) mass is 329 g/mol. The Labute approximate surface area is 138 Å². The molecular weight excluding hydrogens is 313 g/mol. The van der Waals surface area contributed by atoms with E-state index < -0.39 is 11.7 Å². The maximum atomic E-state index is 13.6. The quantitative estimate of drug-likeness (QED) is 0.934. The first-order valence-corrected chi connectivity index (χ1v) is 7.55. The van der Waals surface area contributed by atoms with Crippen molar-refractivity contribution >= 4 is 17.5 Å². The van der Waals surface area contributed by atoms with Crippen molar-refractivity contribution in [1.29, 1.82) is 0 Å². The van der Waals surface area contributed by atoms with Crippen molar-refractivity contribution < 1.29 is 18.7 Å². The Bertz CT molecular complexity index is 760. The summed E-state index contributed by atoms with van der Waals surface area (Å²) in [4.78, 5) is 30.4. The number of anilines is 1. The van der Waals surface area contributed by atoms with E-state index in [1.54, 1.807) is 23.1 Å². The van der Waals surface area contributed by atoms with Gasteiger partial charge in [-0.05, 0) is 24.3 Å². The Kier molecular flexibility index (Phi) is 4.81. The van der Waals surface area contributed by atoms with Crippen LogP contribution in [0.1, 0.15) is 21.0 Å². The van der Waals surface area contributed by atoms with Crippen molar-refractivity contribution in [3.63, 3.8) is 0 Å². The highest BCUT2D eigenvalue weighted by Gasteiger charge is 2.21. The molecule has 1 aliphatic rings. The van der Waals surface area contributed by atoms with Gasteiger partial charge in [-0.3, -0.25) is 9.59 Å². The summed E-state index contributed by atoms with van der Waals surface area (Å²) in [5, 5.41) is 2.45. The van der Waals surface area contributed by atoms with Gasteiger partial charge in [-0.1, -0.05) is 18.2 Å².